The van der Waals surface area contributed by atoms with Crippen LogP contribution in [-0.4, -0.2) is 37.2 Å². The number of hydrogen-bond acceptors (Lipinski definition) is 6. The Hall–Kier alpha value is -3.07. The summed E-state index contributed by atoms with van der Waals surface area (Å²) in [5, 5.41) is 52.7. The van der Waals surface area contributed by atoms with E-state index in [1.54, 1.807) is 19.1 Å². The average Bonchev–Trinajstić information content (AvgIpc) is 3.02. The Morgan fingerprint density at radius 1 is 0.792 bits per heavy atom. The van der Waals surface area contributed by atoms with Crippen LogP contribution in [0.4, 0.5) is 24.5 Å². The molecule has 0 saturated heterocycles. The Morgan fingerprint density at radius 2 is 1.25 bits per heavy atom. The maximum Gasteiger partial charge on any atom is 0.416 e. The topological polar surface area (TPSA) is 129 Å². The molecule has 1 aliphatic rings. The van der Waals surface area contributed by atoms with Gasteiger partial charge in [-0.05, 0) is 99.0 Å². The first kappa shape index (κ1) is 39.4. The maximum atomic E-state index is 12.5. The number of thiocarbonyl (C=S) groups is 2. The number of aliphatic hydroxyl groups is 2. The van der Waals surface area contributed by atoms with Crippen LogP contribution in [0.2, 0.25) is 10.0 Å². The molecular weight excluding hydrogens is 708 g/mol. The first-order valence-electron chi connectivity index (χ1n) is 15.2. The van der Waals surface area contributed by atoms with E-state index in [0.717, 1.165) is 18.7 Å². The number of aliphatic hydroxyl groups excluding tert-OH is 2. The van der Waals surface area contributed by atoms with Crippen molar-refractivity contribution in [1.29, 1.82) is 0 Å². The van der Waals surface area contributed by atoms with Gasteiger partial charge < -0.3 is 41.7 Å². The summed E-state index contributed by atoms with van der Waals surface area (Å²) in [4.78, 5) is 0. The van der Waals surface area contributed by atoms with E-state index in [9.17, 15) is 33.6 Å². The van der Waals surface area contributed by atoms with E-state index < -0.39 is 23.9 Å². The maximum absolute atomic E-state index is 12.5. The first-order chi connectivity index (χ1) is 22.5. The zero-order chi connectivity index (χ0) is 35.6. The third kappa shape index (κ3) is 12.1. The van der Waals surface area contributed by atoms with Crippen LogP contribution in [0.25, 0.3) is 0 Å². The summed E-state index contributed by atoms with van der Waals surface area (Å²) in [6.45, 7) is 4.09. The van der Waals surface area contributed by atoms with Gasteiger partial charge in [-0.15, -0.1) is 0 Å². The highest BCUT2D eigenvalue weighted by Crippen LogP contribution is 2.36. The second-order valence-corrected chi connectivity index (χ2v) is 13.2. The zero-order valence-corrected chi connectivity index (χ0v) is 29.4. The molecule has 1 fully saturated rings. The van der Waals surface area contributed by atoms with Crippen LogP contribution in [-0.2, 0) is 12.7 Å². The van der Waals surface area contributed by atoms with Crippen molar-refractivity contribution in [2.75, 3.05) is 17.2 Å². The van der Waals surface area contributed by atoms with Crippen molar-refractivity contribution in [3.63, 3.8) is 0 Å². The summed E-state index contributed by atoms with van der Waals surface area (Å²) in [5.74, 6) is 0.443. The highest BCUT2D eigenvalue weighted by atomic mass is 35.5. The molecule has 2 atom stereocenters. The fraction of sp³-hybridized carbons (Fsp3) is 0.394. The van der Waals surface area contributed by atoms with Crippen molar-refractivity contribution in [2.24, 2.45) is 5.92 Å². The van der Waals surface area contributed by atoms with Gasteiger partial charge in [-0.3, -0.25) is 0 Å². The fourth-order valence-electron chi connectivity index (χ4n) is 5.02. The van der Waals surface area contributed by atoms with E-state index in [4.69, 9.17) is 47.6 Å². The predicted molar refractivity (Wildman–Crippen MR) is 193 cm³/mol. The summed E-state index contributed by atoms with van der Waals surface area (Å²) >= 11 is 22.4. The van der Waals surface area contributed by atoms with Gasteiger partial charge in [0.05, 0.1) is 29.1 Å². The lowest BCUT2D eigenvalue weighted by Gasteiger charge is -2.23. The van der Waals surface area contributed by atoms with Crippen molar-refractivity contribution >= 4 is 69.2 Å². The molecule has 3 aromatic rings. The second-order valence-electron chi connectivity index (χ2n) is 11.5. The third-order valence-corrected chi connectivity index (χ3v) is 8.54. The molecule has 15 heteroatoms. The monoisotopic (exact) mass is 746 g/mol. The molecule has 8 nitrogen and oxygen atoms in total. The molecule has 0 heterocycles. The number of phenolic OH excluding ortho intramolecular Hbond substituents is 2. The Morgan fingerprint density at radius 3 is 1.69 bits per heavy atom. The first-order valence-corrected chi connectivity index (χ1v) is 16.8. The van der Waals surface area contributed by atoms with Gasteiger partial charge in [0.25, 0.3) is 0 Å². The number of nitrogens with one attached hydrogen (secondary N) is 4. The molecule has 1 saturated carbocycles. The normalized spacial score (nSPS) is 14.6. The number of halogens is 5. The summed E-state index contributed by atoms with van der Waals surface area (Å²) in [7, 11) is 0. The number of rotatable bonds is 8. The van der Waals surface area contributed by atoms with Crippen molar-refractivity contribution in [2.45, 2.75) is 70.9 Å². The standard InChI is InChI=1S/C17H16ClF3N2O2S.C16H23ClN2O2S/c1-9(24)13-6-12(18)7-14(15(13)25)23-16(26)22-8-10-2-4-11(5-3-10)17(19,20)21;1-10(20)13-7-12(17)8-14(15(13)21)19-16(22)18-9-11-5-3-2-4-6-11/h2-7,9,24-25H,8H2,1H3,(H2,22,23,26);7-8,10-11,20-21H,2-6,9H2,1H3,(H2,18,19,22). The lowest BCUT2D eigenvalue weighted by molar-refractivity contribution is -0.137. The highest BCUT2D eigenvalue weighted by Gasteiger charge is 2.30. The van der Waals surface area contributed by atoms with Crippen molar-refractivity contribution in [3.05, 3.63) is 80.8 Å². The van der Waals surface area contributed by atoms with Crippen LogP contribution in [0.15, 0.2) is 48.5 Å². The Balaban J connectivity index is 0.000000264. The minimum Gasteiger partial charge on any atom is -0.505 e. The molecule has 4 rings (SSSR count). The molecule has 0 radical (unpaired) electrons. The number of aromatic hydroxyl groups is 2. The molecular formula is C33H39Cl2F3N4O4S2. The number of anilines is 2. The molecule has 0 spiro atoms. The molecule has 8 N–H and O–H groups in total. The van der Waals surface area contributed by atoms with Crippen LogP contribution >= 0.6 is 47.6 Å². The minimum absolute atomic E-state index is 0.0267. The highest BCUT2D eigenvalue weighted by molar-refractivity contribution is 7.80. The van der Waals surface area contributed by atoms with Crippen molar-refractivity contribution < 1.29 is 33.6 Å². The van der Waals surface area contributed by atoms with E-state index in [0.29, 0.717) is 37.9 Å². The molecule has 1 aliphatic carbocycles. The van der Waals surface area contributed by atoms with Gasteiger partial charge in [-0.1, -0.05) is 54.6 Å². The molecule has 0 aliphatic heterocycles. The van der Waals surface area contributed by atoms with Crippen LogP contribution in [0.1, 0.15) is 80.4 Å². The van der Waals surface area contributed by atoms with E-state index in [-0.39, 0.29) is 34.4 Å². The SMILES string of the molecule is CC(O)c1cc(Cl)cc(NC(=S)NCC2CCCCC2)c1O.CC(O)c1cc(Cl)cc(NC(=S)NCc2ccc(C(F)(F)F)cc2)c1O. The minimum atomic E-state index is -4.38. The summed E-state index contributed by atoms with van der Waals surface area (Å²) in [5.41, 5.74) is 1.11. The summed E-state index contributed by atoms with van der Waals surface area (Å²) in [6, 6.07) is 10.7. The average molecular weight is 748 g/mol. The zero-order valence-electron chi connectivity index (χ0n) is 26.3. The van der Waals surface area contributed by atoms with E-state index in [1.165, 1.54) is 63.3 Å². The Labute approximate surface area is 298 Å². The Bertz CT molecular complexity index is 1560. The van der Waals surface area contributed by atoms with Gasteiger partial charge >= 0.3 is 6.18 Å². The molecule has 2 unspecified atom stereocenters. The fourth-order valence-corrected chi connectivity index (χ4v) is 5.85. The summed E-state index contributed by atoms with van der Waals surface area (Å²) < 4.78 is 37.6. The smallest absolute Gasteiger partial charge is 0.416 e. The van der Waals surface area contributed by atoms with Gasteiger partial charge in [0, 0.05) is 34.3 Å². The van der Waals surface area contributed by atoms with Crippen LogP contribution in [0, 0.1) is 5.92 Å². The molecule has 3 aromatic carbocycles. The van der Waals surface area contributed by atoms with Gasteiger partial charge in [0.15, 0.2) is 10.2 Å². The van der Waals surface area contributed by atoms with Gasteiger partial charge in [-0.2, -0.15) is 13.2 Å². The number of benzene rings is 3. The van der Waals surface area contributed by atoms with Crippen LogP contribution in [0.5, 0.6) is 11.5 Å². The van der Waals surface area contributed by atoms with E-state index in [1.807, 2.05) is 0 Å². The lowest BCUT2D eigenvalue weighted by Crippen LogP contribution is -2.33. The molecule has 0 amide bonds. The number of hydrogen-bond donors (Lipinski definition) is 8. The van der Waals surface area contributed by atoms with E-state index in [2.05, 4.69) is 21.3 Å². The van der Waals surface area contributed by atoms with Crippen LogP contribution < -0.4 is 21.3 Å². The molecule has 0 aromatic heterocycles. The molecule has 48 heavy (non-hydrogen) atoms. The van der Waals surface area contributed by atoms with Crippen molar-refractivity contribution in [1.82, 2.24) is 10.6 Å². The van der Waals surface area contributed by atoms with Crippen LogP contribution in [0.3, 0.4) is 0 Å². The predicted octanol–water partition coefficient (Wildman–Crippen LogP) is 8.57. The number of phenols is 2. The van der Waals surface area contributed by atoms with Gasteiger partial charge in [0.1, 0.15) is 11.5 Å². The van der Waals surface area contributed by atoms with Gasteiger partial charge in [0.2, 0.25) is 0 Å². The lowest BCUT2D eigenvalue weighted by atomic mass is 9.89. The largest absolute Gasteiger partial charge is 0.505 e. The third-order valence-electron chi connectivity index (χ3n) is 7.62. The molecule has 262 valence electrons. The Kier molecular flexibility index (Phi) is 14.8. The van der Waals surface area contributed by atoms with Gasteiger partial charge in [-0.25, -0.2) is 0 Å². The summed E-state index contributed by atoms with van der Waals surface area (Å²) in [6.07, 6.45) is 0.283. The quantitative estimate of drug-likeness (QED) is 0.0839. The number of alkyl halides is 3. The second kappa shape index (κ2) is 18.1. The molecule has 0 bridgehead atoms. The van der Waals surface area contributed by atoms with E-state index >= 15 is 0 Å². The van der Waals surface area contributed by atoms with Crippen molar-refractivity contribution in [3.8, 4) is 11.5 Å².